The summed E-state index contributed by atoms with van der Waals surface area (Å²) in [4.78, 5) is 21.5. The van der Waals surface area contributed by atoms with Gasteiger partial charge in [-0.3, -0.25) is 4.79 Å². The molecule has 0 aromatic heterocycles. The van der Waals surface area contributed by atoms with Crippen molar-refractivity contribution in [2.75, 3.05) is 7.11 Å². The van der Waals surface area contributed by atoms with Crippen molar-refractivity contribution in [3.8, 4) is 0 Å². The minimum atomic E-state index is -1.21. The predicted octanol–water partition coefficient (Wildman–Crippen LogP) is -0.335. The lowest BCUT2D eigenvalue weighted by atomic mass is 10.0. The summed E-state index contributed by atoms with van der Waals surface area (Å²) >= 11 is 0. The molecule has 0 aliphatic heterocycles. The van der Waals surface area contributed by atoms with Crippen molar-refractivity contribution in [3.63, 3.8) is 0 Å². The van der Waals surface area contributed by atoms with Gasteiger partial charge < -0.3 is 9.84 Å². The summed E-state index contributed by atoms with van der Waals surface area (Å²) in [6.07, 6.45) is 1.88. The van der Waals surface area contributed by atoms with Crippen LogP contribution in [0.15, 0.2) is 12.2 Å². The number of ketones is 1. The molecule has 0 aromatic rings. The number of hydrogen-bond donors (Lipinski definition) is 1. The van der Waals surface area contributed by atoms with Gasteiger partial charge in [-0.1, -0.05) is 6.08 Å². The molecule has 4 heteroatoms. The summed E-state index contributed by atoms with van der Waals surface area (Å²) in [5.74, 6) is -1.17. The zero-order valence-electron chi connectivity index (χ0n) is 6.69. The summed E-state index contributed by atoms with van der Waals surface area (Å²) in [6.45, 7) is 0. The van der Waals surface area contributed by atoms with Crippen molar-refractivity contribution in [1.82, 2.24) is 0 Å². The van der Waals surface area contributed by atoms with E-state index >= 15 is 0 Å². The van der Waals surface area contributed by atoms with Crippen molar-refractivity contribution < 1.29 is 19.4 Å². The molecule has 0 amide bonds. The molecular formula is C8H10O4. The standard InChI is InChI=1S/C8H10O4/c1-12-8(11)7(10)5-2-3-6(9)4-5/h2-3,5,7,10H,4H2,1H3/t5-,7+/m0/s1. The summed E-state index contributed by atoms with van der Waals surface area (Å²) in [6, 6.07) is 0. The molecule has 1 aliphatic rings. The monoisotopic (exact) mass is 170 g/mol. The van der Waals surface area contributed by atoms with Crippen molar-refractivity contribution >= 4 is 11.8 Å². The van der Waals surface area contributed by atoms with E-state index in [0.717, 1.165) is 0 Å². The average Bonchev–Trinajstić information content (AvgIpc) is 2.49. The Morgan fingerprint density at radius 2 is 2.50 bits per heavy atom. The van der Waals surface area contributed by atoms with E-state index in [1.54, 1.807) is 0 Å². The van der Waals surface area contributed by atoms with E-state index in [9.17, 15) is 14.7 Å². The zero-order chi connectivity index (χ0) is 9.14. The lowest BCUT2D eigenvalue weighted by Crippen LogP contribution is -2.29. The maximum Gasteiger partial charge on any atom is 0.335 e. The molecule has 4 nitrogen and oxygen atoms in total. The topological polar surface area (TPSA) is 63.6 Å². The van der Waals surface area contributed by atoms with Crippen LogP contribution < -0.4 is 0 Å². The fourth-order valence-electron chi connectivity index (χ4n) is 1.11. The third-order valence-corrected chi connectivity index (χ3v) is 1.81. The highest BCUT2D eigenvalue weighted by atomic mass is 16.5. The van der Waals surface area contributed by atoms with Crippen LogP contribution in [0.25, 0.3) is 0 Å². The second-order valence-electron chi connectivity index (χ2n) is 2.66. The Kier molecular flexibility index (Phi) is 2.60. The molecule has 0 saturated carbocycles. The van der Waals surface area contributed by atoms with E-state index in [-0.39, 0.29) is 12.2 Å². The highest BCUT2D eigenvalue weighted by molar-refractivity contribution is 5.93. The second kappa shape index (κ2) is 3.49. The van der Waals surface area contributed by atoms with Gasteiger partial charge in [0.05, 0.1) is 7.11 Å². The quantitative estimate of drug-likeness (QED) is 0.576. The van der Waals surface area contributed by atoms with Crippen LogP contribution in [0.5, 0.6) is 0 Å². The number of rotatable bonds is 2. The normalized spacial score (nSPS) is 24.2. The van der Waals surface area contributed by atoms with Gasteiger partial charge in [-0.05, 0) is 6.08 Å². The summed E-state index contributed by atoms with van der Waals surface area (Å²) in [5.41, 5.74) is 0. The number of ether oxygens (including phenoxy) is 1. The minimum absolute atomic E-state index is 0.0667. The molecule has 0 radical (unpaired) electrons. The SMILES string of the molecule is COC(=O)[C@H](O)[C@H]1C=CC(=O)C1. The Morgan fingerprint density at radius 3 is 2.92 bits per heavy atom. The number of carbonyl (C=O) groups is 2. The molecule has 1 N–H and O–H groups in total. The van der Waals surface area contributed by atoms with Crippen molar-refractivity contribution in [2.24, 2.45) is 5.92 Å². The van der Waals surface area contributed by atoms with Crippen molar-refractivity contribution in [1.29, 1.82) is 0 Å². The van der Waals surface area contributed by atoms with Crippen LogP contribution in [-0.4, -0.2) is 30.1 Å². The van der Waals surface area contributed by atoms with Crippen LogP contribution >= 0.6 is 0 Å². The van der Waals surface area contributed by atoms with Crippen molar-refractivity contribution in [3.05, 3.63) is 12.2 Å². The van der Waals surface area contributed by atoms with Gasteiger partial charge in [0, 0.05) is 12.3 Å². The molecule has 0 unspecified atom stereocenters. The molecule has 0 heterocycles. The van der Waals surface area contributed by atoms with Crippen LogP contribution in [-0.2, 0) is 14.3 Å². The van der Waals surface area contributed by atoms with Crippen molar-refractivity contribution in [2.45, 2.75) is 12.5 Å². The number of allylic oxidation sites excluding steroid dienone is 1. The number of carbonyl (C=O) groups excluding carboxylic acids is 2. The van der Waals surface area contributed by atoms with Gasteiger partial charge in [0.2, 0.25) is 0 Å². The second-order valence-corrected chi connectivity index (χ2v) is 2.66. The lowest BCUT2D eigenvalue weighted by Gasteiger charge is -2.12. The number of aliphatic hydroxyl groups is 1. The van der Waals surface area contributed by atoms with Crippen LogP contribution in [0.1, 0.15) is 6.42 Å². The molecule has 0 spiro atoms. The first-order valence-electron chi connectivity index (χ1n) is 3.62. The van der Waals surface area contributed by atoms with Crippen LogP contribution in [0.3, 0.4) is 0 Å². The lowest BCUT2D eigenvalue weighted by molar-refractivity contribution is -0.152. The van der Waals surface area contributed by atoms with Gasteiger partial charge in [0.15, 0.2) is 11.9 Å². The van der Waals surface area contributed by atoms with Gasteiger partial charge >= 0.3 is 5.97 Å². The third kappa shape index (κ3) is 1.71. The molecule has 2 atom stereocenters. The van der Waals surface area contributed by atoms with Crippen LogP contribution in [0.4, 0.5) is 0 Å². The minimum Gasteiger partial charge on any atom is -0.467 e. The Balaban J connectivity index is 2.55. The first-order valence-corrected chi connectivity index (χ1v) is 3.62. The molecule has 0 fully saturated rings. The first kappa shape index (κ1) is 8.93. The van der Waals surface area contributed by atoms with Gasteiger partial charge in [-0.25, -0.2) is 4.79 Å². The van der Waals surface area contributed by atoms with Crippen LogP contribution in [0, 0.1) is 5.92 Å². The average molecular weight is 170 g/mol. The molecular weight excluding hydrogens is 160 g/mol. The number of methoxy groups -OCH3 is 1. The molecule has 0 bridgehead atoms. The fraction of sp³-hybridized carbons (Fsp3) is 0.500. The number of aliphatic hydroxyl groups excluding tert-OH is 1. The summed E-state index contributed by atoms with van der Waals surface area (Å²) in [5, 5.41) is 9.26. The highest BCUT2D eigenvalue weighted by Crippen LogP contribution is 2.18. The molecule has 66 valence electrons. The number of esters is 1. The molecule has 1 rings (SSSR count). The smallest absolute Gasteiger partial charge is 0.335 e. The fourth-order valence-corrected chi connectivity index (χ4v) is 1.11. The predicted molar refractivity (Wildman–Crippen MR) is 40.3 cm³/mol. The Morgan fingerprint density at radius 1 is 1.83 bits per heavy atom. The summed E-state index contributed by atoms with van der Waals surface area (Å²) in [7, 11) is 1.20. The van der Waals surface area contributed by atoms with E-state index in [1.807, 2.05) is 0 Å². The number of hydrogen-bond acceptors (Lipinski definition) is 4. The zero-order valence-corrected chi connectivity index (χ0v) is 6.69. The van der Waals surface area contributed by atoms with E-state index in [1.165, 1.54) is 19.3 Å². The molecule has 12 heavy (non-hydrogen) atoms. The first-order chi connectivity index (χ1) is 5.65. The van der Waals surface area contributed by atoms with Gasteiger partial charge in [0.1, 0.15) is 0 Å². The Labute approximate surface area is 69.8 Å². The van der Waals surface area contributed by atoms with Gasteiger partial charge in [-0.2, -0.15) is 0 Å². The maximum absolute atomic E-state index is 10.8. The van der Waals surface area contributed by atoms with E-state index in [0.29, 0.717) is 0 Å². The van der Waals surface area contributed by atoms with E-state index in [4.69, 9.17) is 0 Å². The Hall–Kier alpha value is -1.16. The maximum atomic E-state index is 10.8. The van der Waals surface area contributed by atoms with E-state index in [2.05, 4.69) is 4.74 Å². The van der Waals surface area contributed by atoms with Gasteiger partial charge in [-0.15, -0.1) is 0 Å². The molecule has 0 saturated heterocycles. The van der Waals surface area contributed by atoms with Gasteiger partial charge in [0.25, 0.3) is 0 Å². The molecule has 0 aromatic carbocycles. The Bertz CT molecular complexity index is 231. The summed E-state index contributed by atoms with van der Waals surface area (Å²) < 4.78 is 4.33. The third-order valence-electron chi connectivity index (χ3n) is 1.81. The largest absolute Gasteiger partial charge is 0.467 e. The van der Waals surface area contributed by atoms with Crippen LogP contribution in [0.2, 0.25) is 0 Å². The highest BCUT2D eigenvalue weighted by Gasteiger charge is 2.29. The van der Waals surface area contributed by atoms with E-state index < -0.39 is 18.0 Å². The molecule has 1 aliphatic carbocycles.